The highest BCUT2D eigenvalue weighted by Crippen LogP contribution is 2.26. The third kappa shape index (κ3) is 2.90. The summed E-state index contributed by atoms with van der Waals surface area (Å²) in [5, 5.41) is 8.21. The van der Waals surface area contributed by atoms with Crippen molar-refractivity contribution in [3.8, 4) is 0 Å². The Kier molecular flexibility index (Phi) is 3.74. The van der Waals surface area contributed by atoms with E-state index in [9.17, 15) is 14.0 Å². The van der Waals surface area contributed by atoms with E-state index in [0.717, 1.165) is 5.69 Å². The molecule has 5 nitrogen and oxygen atoms in total. The van der Waals surface area contributed by atoms with E-state index in [4.69, 9.17) is 0 Å². The predicted octanol–water partition coefficient (Wildman–Crippen LogP) is 2.59. The normalized spacial score (nSPS) is 16.2. The molecule has 1 aliphatic rings. The second-order valence-electron chi connectivity index (χ2n) is 4.96. The minimum atomic E-state index is -0.693. The number of halogens is 1. The van der Waals surface area contributed by atoms with E-state index in [1.54, 1.807) is 12.1 Å². The van der Waals surface area contributed by atoms with Gasteiger partial charge in [-0.2, -0.15) is 0 Å². The molecule has 0 aliphatic carbocycles. The van der Waals surface area contributed by atoms with Gasteiger partial charge in [-0.05, 0) is 24.3 Å². The van der Waals surface area contributed by atoms with Crippen LogP contribution in [-0.4, -0.2) is 17.9 Å². The molecule has 0 saturated carbocycles. The number of anilines is 3. The highest BCUT2D eigenvalue weighted by molar-refractivity contribution is 6.06. The first-order valence-corrected chi connectivity index (χ1v) is 6.84. The Morgan fingerprint density at radius 3 is 2.55 bits per heavy atom. The Bertz CT molecular complexity index is 733. The van der Waals surface area contributed by atoms with Crippen LogP contribution >= 0.6 is 0 Å². The topological polar surface area (TPSA) is 70.2 Å². The first-order valence-electron chi connectivity index (χ1n) is 6.84. The average molecular weight is 299 g/mol. The number of hydrogen-bond donors (Lipinski definition) is 3. The van der Waals surface area contributed by atoms with E-state index in [-0.39, 0.29) is 18.0 Å². The molecule has 0 spiro atoms. The van der Waals surface area contributed by atoms with Gasteiger partial charge in [0.25, 0.3) is 0 Å². The van der Waals surface area contributed by atoms with Crippen LogP contribution in [0.5, 0.6) is 0 Å². The lowest BCUT2D eigenvalue weighted by molar-refractivity contribution is -0.122. The minimum Gasteiger partial charge on any atom is -0.372 e. The van der Waals surface area contributed by atoms with Crippen molar-refractivity contribution >= 4 is 28.9 Å². The average Bonchev–Trinajstić information content (AvgIpc) is 2.50. The van der Waals surface area contributed by atoms with Crippen molar-refractivity contribution in [3.05, 3.63) is 54.3 Å². The molecular weight excluding hydrogens is 285 g/mol. The van der Waals surface area contributed by atoms with Crippen LogP contribution in [-0.2, 0) is 9.59 Å². The molecule has 6 heteroatoms. The van der Waals surface area contributed by atoms with Crippen LogP contribution in [0.25, 0.3) is 0 Å². The summed E-state index contributed by atoms with van der Waals surface area (Å²) in [5.41, 5.74) is 1.54. The third-order valence-electron chi connectivity index (χ3n) is 3.37. The van der Waals surface area contributed by atoms with Crippen molar-refractivity contribution in [2.75, 3.05) is 16.0 Å². The van der Waals surface area contributed by atoms with Crippen LogP contribution in [0.3, 0.4) is 0 Å². The highest BCUT2D eigenvalue weighted by atomic mass is 19.1. The number of carbonyl (C=O) groups is 2. The van der Waals surface area contributed by atoms with Crippen LogP contribution in [0.1, 0.15) is 6.42 Å². The minimum absolute atomic E-state index is 0.0888. The predicted molar refractivity (Wildman–Crippen MR) is 82.1 cm³/mol. The molecule has 2 aromatic rings. The standard InChI is InChI=1S/C16H14FN3O2/c17-10-5-1-2-6-11(10)19-15(21)9-14-16(22)20-13-8-4-3-7-12(13)18-14/h1-8,14,18H,9H2,(H,19,21)(H,20,22)/t14-/m1/s1. The number of hydrogen-bond acceptors (Lipinski definition) is 3. The van der Waals surface area contributed by atoms with E-state index in [1.807, 2.05) is 18.2 Å². The monoisotopic (exact) mass is 299 g/mol. The molecule has 1 atom stereocenters. The summed E-state index contributed by atoms with van der Waals surface area (Å²) in [5.74, 6) is -1.23. The lowest BCUT2D eigenvalue weighted by Crippen LogP contribution is -2.41. The molecule has 0 unspecified atom stereocenters. The highest BCUT2D eigenvalue weighted by Gasteiger charge is 2.27. The Morgan fingerprint density at radius 2 is 1.77 bits per heavy atom. The second kappa shape index (κ2) is 5.85. The molecule has 0 aromatic heterocycles. The van der Waals surface area contributed by atoms with Gasteiger partial charge in [-0.1, -0.05) is 24.3 Å². The van der Waals surface area contributed by atoms with Crippen LogP contribution in [0.4, 0.5) is 21.5 Å². The number of benzene rings is 2. The lowest BCUT2D eigenvalue weighted by atomic mass is 10.1. The molecule has 1 aliphatic heterocycles. The fourth-order valence-corrected chi connectivity index (χ4v) is 2.28. The molecule has 0 saturated heterocycles. The number of carbonyl (C=O) groups excluding carboxylic acids is 2. The number of rotatable bonds is 3. The molecule has 0 bridgehead atoms. The Hall–Kier alpha value is -2.89. The zero-order valence-corrected chi connectivity index (χ0v) is 11.6. The quantitative estimate of drug-likeness (QED) is 0.816. The van der Waals surface area contributed by atoms with Crippen molar-refractivity contribution < 1.29 is 14.0 Å². The first kappa shape index (κ1) is 14.1. The maximum Gasteiger partial charge on any atom is 0.247 e. The molecule has 112 valence electrons. The van der Waals surface area contributed by atoms with Gasteiger partial charge in [-0.15, -0.1) is 0 Å². The fraction of sp³-hybridized carbons (Fsp3) is 0.125. The van der Waals surface area contributed by atoms with E-state index in [1.165, 1.54) is 18.2 Å². The van der Waals surface area contributed by atoms with Crippen molar-refractivity contribution in [3.63, 3.8) is 0 Å². The summed E-state index contributed by atoms with van der Waals surface area (Å²) in [6.07, 6.45) is -0.0888. The van der Waals surface area contributed by atoms with E-state index >= 15 is 0 Å². The Labute approximate surface area is 126 Å². The van der Waals surface area contributed by atoms with Gasteiger partial charge in [0, 0.05) is 0 Å². The number of para-hydroxylation sites is 3. The zero-order chi connectivity index (χ0) is 15.5. The largest absolute Gasteiger partial charge is 0.372 e. The van der Waals surface area contributed by atoms with Gasteiger partial charge in [0.05, 0.1) is 23.5 Å². The first-order chi connectivity index (χ1) is 10.6. The third-order valence-corrected chi connectivity index (χ3v) is 3.37. The fourth-order valence-electron chi connectivity index (χ4n) is 2.28. The molecule has 1 heterocycles. The molecule has 2 amide bonds. The van der Waals surface area contributed by atoms with Crippen molar-refractivity contribution in [1.29, 1.82) is 0 Å². The molecule has 2 aromatic carbocycles. The maximum absolute atomic E-state index is 13.5. The van der Waals surface area contributed by atoms with Crippen molar-refractivity contribution in [2.45, 2.75) is 12.5 Å². The van der Waals surface area contributed by atoms with E-state index < -0.39 is 17.8 Å². The van der Waals surface area contributed by atoms with Crippen LogP contribution in [0.2, 0.25) is 0 Å². The molecule has 3 N–H and O–H groups in total. The maximum atomic E-state index is 13.5. The van der Waals surface area contributed by atoms with Gasteiger partial charge < -0.3 is 16.0 Å². The SMILES string of the molecule is O=C(C[C@H]1Nc2ccccc2NC1=O)Nc1ccccc1F. The van der Waals surface area contributed by atoms with Gasteiger partial charge in [0.2, 0.25) is 11.8 Å². The second-order valence-corrected chi connectivity index (χ2v) is 4.96. The molecule has 0 radical (unpaired) electrons. The number of amides is 2. The molecule has 22 heavy (non-hydrogen) atoms. The van der Waals surface area contributed by atoms with Crippen molar-refractivity contribution in [2.24, 2.45) is 0 Å². The number of nitrogens with one attached hydrogen (secondary N) is 3. The van der Waals surface area contributed by atoms with Gasteiger partial charge >= 0.3 is 0 Å². The molecular formula is C16H14FN3O2. The summed E-state index contributed by atoms with van der Waals surface area (Å²) in [6, 6.07) is 12.4. The van der Waals surface area contributed by atoms with Gasteiger partial charge in [-0.25, -0.2) is 4.39 Å². The summed E-state index contributed by atoms with van der Waals surface area (Å²) < 4.78 is 13.5. The number of fused-ring (bicyclic) bond motifs is 1. The van der Waals surface area contributed by atoms with Gasteiger partial charge in [-0.3, -0.25) is 9.59 Å². The van der Waals surface area contributed by atoms with E-state index in [2.05, 4.69) is 16.0 Å². The molecule has 3 rings (SSSR count). The van der Waals surface area contributed by atoms with Gasteiger partial charge in [0.1, 0.15) is 11.9 Å². The van der Waals surface area contributed by atoms with E-state index in [0.29, 0.717) is 5.69 Å². The summed E-state index contributed by atoms with van der Waals surface area (Å²) >= 11 is 0. The van der Waals surface area contributed by atoms with Gasteiger partial charge in [0.15, 0.2) is 0 Å². The van der Waals surface area contributed by atoms with Crippen molar-refractivity contribution in [1.82, 2.24) is 0 Å². The smallest absolute Gasteiger partial charge is 0.247 e. The summed E-state index contributed by atoms with van der Waals surface area (Å²) in [6.45, 7) is 0. The summed E-state index contributed by atoms with van der Waals surface area (Å²) in [7, 11) is 0. The Morgan fingerprint density at radius 1 is 1.09 bits per heavy atom. The molecule has 0 fully saturated rings. The summed E-state index contributed by atoms with van der Waals surface area (Å²) in [4.78, 5) is 24.0. The van der Waals surface area contributed by atoms with Crippen LogP contribution in [0.15, 0.2) is 48.5 Å². The van der Waals surface area contributed by atoms with Crippen LogP contribution < -0.4 is 16.0 Å². The zero-order valence-electron chi connectivity index (χ0n) is 11.6. The van der Waals surface area contributed by atoms with Crippen LogP contribution in [0, 0.1) is 5.82 Å². The Balaban J connectivity index is 1.67. The lowest BCUT2D eigenvalue weighted by Gasteiger charge is -2.26.